The fraction of sp³-hybridized carbons (Fsp3) is 0.567. The second-order valence-corrected chi connectivity index (χ2v) is 10.5. The van der Waals surface area contributed by atoms with Gasteiger partial charge in [0.2, 0.25) is 0 Å². The Kier molecular flexibility index (Phi) is 9.08. The first kappa shape index (κ1) is 26.7. The minimum Gasteiger partial charge on any atom is -0.462 e. The Balaban J connectivity index is 1.30. The first-order chi connectivity index (χ1) is 17.4. The molecule has 0 heterocycles. The molecular formula is C30H36F4O2. The Morgan fingerprint density at radius 2 is 1.56 bits per heavy atom. The summed E-state index contributed by atoms with van der Waals surface area (Å²) >= 11 is 0. The van der Waals surface area contributed by atoms with E-state index in [4.69, 9.17) is 4.74 Å². The van der Waals surface area contributed by atoms with Crippen molar-refractivity contribution < 1.29 is 27.1 Å². The quantitative estimate of drug-likeness (QED) is 0.148. The van der Waals surface area contributed by atoms with Crippen LogP contribution in [-0.4, -0.2) is 12.1 Å². The van der Waals surface area contributed by atoms with E-state index < -0.39 is 23.3 Å². The normalized spacial score (nSPS) is 21.8. The number of fused-ring (bicyclic) bond motifs is 1. The van der Waals surface area contributed by atoms with E-state index in [1.165, 1.54) is 19.3 Å². The van der Waals surface area contributed by atoms with Crippen LogP contribution < -0.4 is 0 Å². The standard InChI is InChI=1S/C30H36F4O2/c1-2-3-4-5-6-7-28(35)36-23-12-8-19(9-13-23)20-10-14-24-21(16-20)11-15-25(29(24)33)22-17-26(31)30(34)27(32)18-22/h11,15,17-20,23H,2-10,12-14,16H2,1H3. The van der Waals surface area contributed by atoms with Gasteiger partial charge in [-0.1, -0.05) is 44.7 Å². The molecule has 1 atom stereocenters. The molecule has 4 rings (SSSR count). The zero-order valence-electron chi connectivity index (χ0n) is 21.1. The van der Waals surface area contributed by atoms with Gasteiger partial charge in [-0.15, -0.1) is 0 Å². The molecule has 2 aromatic carbocycles. The number of unbranched alkanes of at least 4 members (excludes halogenated alkanes) is 4. The van der Waals surface area contributed by atoms with Crippen LogP contribution in [0.1, 0.15) is 88.7 Å². The average molecular weight is 505 g/mol. The highest BCUT2D eigenvalue weighted by Crippen LogP contribution is 2.41. The van der Waals surface area contributed by atoms with E-state index in [9.17, 15) is 18.0 Å². The average Bonchev–Trinajstić information content (AvgIpc) is 2.87. The van der Waals surface area contributed by atoms with Crippen molar-refractivity contribution in [1.29, 1.82) is 0 Å². The number of carbonyl (C=O) groups excluding carboxylic acids is 1. The maximum absolute atomic E-state index is 15.3. The third kappa shape index (κ3) is 6.30. The molecule has 0 amide bonds. The first-order valence-electron chi connectivity index (χ1n) is 13.5. The molecule has 2 aromatic rings. The largest absolute Gasteiger partial charge is 0.462 e. The fourth-order valence-corrected chi connectivity index (χ4v) is 5.97. The summed E-state index contributed by atoms with van der Waals surface area (Å²) in [7, 11) is 0. The van der Waals surface area contributed by atoms with Crippen molar-refractivity contribution in [1.82, 2.24) is 0 Å². The molecule has 196 valence electrons. The molecule has 1 fully saturated rings. The van der Waals surface area contributed by atoms with Crippen LogP contribution in [0, 0.1) is 35.1 Å². The van der Waals surface area contributed by atoms with Crippen LogP contribution in [0.15, 0.2) is 24.3 Å². The number of ether oxygens (including phenoxy) is 1. The predicted octanol–water partition coefficient (Wildman–Crippen LogP) is 8.48. The summed E-state index contributed by atoms with van der Waals surface area (Å²) in [6, 6.07) is 5.06. The third-order valence-electron chi connectivity index (χ3n) is 8.05. The van der Waals surface area contributed by atoms with Gasteiger partial charge >= 0.3 is 5.97 Å². The molecule has 2 aliphatic carbocycles. The maximum atomic E-state index is 15.3. The summed E-state index contributed by atoms with van der Waals surface area (Å²) in [5.74, 6) is -3.78. The number of rotatable bonds is 9. The van der Waals surface area contributed by atoms with Gasteiger partial charge in [-0.2, -0.15) is 0 Å². The molecule has 0 saturated heterocycles. The number of esters is 1. The maximum Gasteiger partial charge on any atom is 0.306 e. The molecule has 0 radical (unpaired) electrons. The van der Waals surface area contributed by atoms with Crippen molar-refractivity contribution in [2.45, 2.75) is 96.5 Å². The van der Waals surface area contributed by atoms with Crippen molar-refractivity contribution in [3.8, 4) is 11.1 Å². The molecule has 1 saturated carbocycles. The van der Waals surface area contributed by atoms with Crippen LogP contribution in [-0.2, 0) is 22.4 Å². The van der Waals surface area contributed by atoms with Crippen LogP contribution in [0.3, 0.4) is 0 Å². The van der Waals surface area contributed by atoms with E-state index in [1.807, 2.05) is 6.07 Å². The van der Waals surface area contributed by atoms with Gasteiger partial charge in [0.1, 0.15) is 11.9 Å². The minimum atomic E-state index is -1.55. The summed E-state index contributed by atoms with van der Waals surface area (Å²) < 4.78 is 61.7. The zero-order chi connectivity index (χ0) is 25.7. The molecule has 0 bridgehead atoms. The number of hydrogen-bond acceptors (Lipinski definition) is 2. The highest BCUT2D eigenvalue weighted by molar-refractivity contribution is 5.69. The smallest absolute Gasteiger partial charge is 0.306 e. The molecule has 0 N–H and O–H groups in total. The SMILES string of the molecule is CCCCCCCC(=O)OC1CCC(C2CCc3c(ccc(-c4cc(F)c(F)c(F)c4)c3F)C2)CC1. The van der Waals surface area contributed by atoms with Crippen molar-refractivity contribution in [2.24, 2.45) is 11.8 Å². The topological polar surface area (TPSA) is 26.3 Å². The third-order valence-corrected chi connectivity index (χ3v) is 8.05. The summed E-state index contributed by atoms with van der Waals surface area (Å²) in [6.07, 6.45) is 12.0. The van der Waals surface area contributed by atoms with E-state index in [0.29, 0.717) is 30.2 Å². The van der Waals surface area contributed by atoms with Crippen LogP contribution in [0.2, 0.25) is 0 Å². The number of hydrogen-bond donors (Lipinski definition) is 0. The van der Waals surface area contributed by atoms with Crippen molar-refractivity contribution >= 4 is 5.97 Å². The van der Waals surface area contributed by atoms with Gasteiger partial charge in [0.05, 0.1) is 0 Å². The molecule has 0 aromatic heterocycles. The number of benzene rings is 2. The van der Waals surface area contributed by atoms with Gasteiger partial charge in [-0.05, 0) is 92.0 Å². The monoisotopic (exact) mass is 504 g/mol. The molecule has 1 unspecified atom stereocenters. The molecule has 0 aliphatic heterocycles. The molecule has 2 aliphatic rings. The zero-order valence-corrected chi connectivity index (χ0v) is 21.1. The van der Waals surface area contributed by atoms with Gasteiger partial charge in [0.25, 0.3) is 0 Å². The lowest BCUT2D eigenvalue weighted by Gasteiger charge is -2.36. The van der Waals surface area contributed by atoms with Gasteiger partial charge in [-0.25, -0.2) is 17.6 Å². The first-order valence-corrected chi connectivity index (χ1v) is 13.5. The summed E-state index contributed by atoms with van der Waals surface area (Å²) in [5, 5.41) is 0. The number of halogens is 4. The van der Waals surface area contributed by atoms with Crippen molar-refractivity contribution in [3.05, 3.63) is 58.7 Å². The van der Waals surface area contributed by atoms with Crippen molar-refractivity contribution in [3.63, 3.8) is 0 Å². The lowest BCUT2D eigenvalue weighted by atomic mass is 9.71. The fourth-order valence-electron chi connectivity index (χ4n) is 5.97. The summed E-state index contributed by atoms with van der Waals surface area (Å²) in [6.45, 7) is 2.17. The van der Waals surface area contributed by atoms with E-state index in [1.54, 1.807) is 6.07 Å². The van der Waals surface area contributed by atoms with E-state index in [0.717, 1.165) is 69.1 Å². The van der Waals surface area contributed by atoms with E-state index >= 15 is 4.39 Å². The highest BCUT2D eigenvalue weighted by atomic mass is 19.2. The molecule has 6 heteroatoms. The lowest BCUT2D eigenvalue weighted by Crippen LogP contribution is -2.30. The Morgan fingerprint density at radius 3 is 2.25 bits per heavy atom. The molecule has 0 spiro atoms. The second kappa shape index (κ2) is 12.2. The Morgan fingerprint density at radius 1 is 0.861 bits per heavy atom. The highest BCUT2D eigenvalue weighted by Gasteiger charge is 2.32. The molecule has 36 heavy (non-hydrogen) atoms. The Hall–Kier alpha value is -2.37. The van der Waals surface area contributed by atoms with Crippen molar-refractivity contribution in [2.75, 3.05) is 0 Å². The van der Waals surface area contributed by atoms with Crippen LogP contribution in [0.4, 0.5) is 17.6 Å². The predicted molar refractivity (Wildman–Crippen MR) is 132 cm³/mol. The van der Waals surface area contributed by atoms with E-state index in [-0.39, 0.29) is 23.2 Å². The second-order valence-electron chi connectivity index (χ2n) is 10.5. The lowest BCUT2D eigenvalue weighted by molar-refractivity contribution is -0.151. The van der Waals surface area contributed by atoms with Gasteiger partial charge in [0.15, 0.2) is 17.5 Å². The van der Waals surface area contributed by atoms with Crippen LogP contribution >= 0.6 is 0 Å². The van der Waals surface area contributed by atoms with Crippen LogP contribution in [0.25, 0.3) is 11.1 Å². The Bertz CT molecular complexity index is 1040. The van der Waals surface area contributed by atoms with Gasteiger partial charge in [-0.3, -0.25) is 4.79 Å². The summed E-state index contributed by atoms with van der Waals surface area (Å²) in [5.41, 5.74) is 1.63. The van der Waals surface area contributed by atoms with Gasteiger partial charge < -0.3 is 4.74 Å². The number of carbonyl (C=O) groups is 1. The van der Waals surface area contributed by atoms with E-state index in [2.05, 4.69) is 6.92 Å². The molecular weight excluding hydrogens is 468 g/mol. The van der Waals surface area contributed by atoms with Crippen LogP contribution in [0.5, 0.6) is 0 Å². The summed E-state index contributed by atoms with van der Waals surface area (Å²) in [4.78, 5) is 12.2. The Labute approximate surface area is 211 Å². The minimum absolute atomic E-state index is 0.00246. The van der Waals surface area contributed by atoms with Gasteiger partial charge in [0, 0.05) is 12.0 Å². The molecule has 2 nitrogen and oxygen atoms in total.